The number of hydrogen-bond acceptors (Lipinski definition) is 3. The Bertz CT molecular complexity index is 362. The van der Waals surface area contributed by atoms with Crippen molar-refractivity contribution < 1.29 is 9.84 Å². The van der Waals surface area contributed by atoms with E-state index in [1.165, 1.54) is 0 Å². The van der Waals surface area contributed by atoms with Crippen LogP contribution in [0, 0.1) is 0 Å². The van der Waals surface area contributed by atoms with Crippen molar-refractivity contribution in [2.75, 3.05) is 13.2 Å². The molecule has 1 aliphatic rings. The zero-order valence-electron chi connectivity index (χ0n) is 10.8. The molecule has 1 heterocycles. The fraction of sp³-hybridized carbons (Fsp3) is 0.571. The van der Waals surface area contributed by atoms with Crippen LogP contribution in [0.15, 0.2) is 30.3 Å². The summed E-state index contributed by atoms with van der Waals surface area (Å²) in [6.07, 6.45) is -0.386. The minimum absolute atomic E-state index is 0.0303. The topological polar surface area (TPSA) is 32.7 Å². The first-order valence-corrected chi connectivity index (χ1v) is 6.12. The summed E-state index contributed by atoms with van der Waals surface area (Å²) in [6, 6.07) is 10.2. The maximum atomic E-state index is 9.61. The van der Waals surface area contributed by atoms with Gasteiger partial charge in [-0.1, -0.05) is 30.3 Å². The maximum Gasteiger partial charge on any atom is 0.137 e. The average Bonchev–Trinajstić information content (AvgIpc) is 2.56. The third-order valence-electron chi connectivity index (χ3n) is 3.20. The summed E-state index contributed by atoms with van der Waals surface area (Å²) in [6.45, 7) is 7.44. The highest BCUT2D eigenvalue weighted by molar-refractivity contribution is 5.19. The molecule has 0 bridgehead atoms. The molecule has 0 radical (unpaired) electrons. The third-order valence-corrected chi connectivity index (χ3v) is 3.20. The molecule has 0 spiro atoms. The van der Waals surface area contributed by atoms with E-state index >= 15 is 0 Å². The number of β-amino-alcohol motifs (C(OH)–C–C–N with tert-alkyl or cyclic N) is 1. The molecular weight excluding hydrogens is 214 g/mol. The monoisotopic (exact) mass is 235 g/mol. The van der Waals surface area contributed by atoms with Crippen LogP contribution in [0.5, 0.6) is 0 Å². The van der Waals surface area contributed by atoms with Gasteiger partial charge in [0.25, 0.3) is 0 Å². The predicted molar refractivity (Wildman–Crippen MR) is 67.6 cm³/mol. The van der Waals surface area contributed by atoms with Gasteiger partial charge in [-0.25, -0.2) is 0 Å². The van der Waals surface area contributed by atoms with Crippen LogP contribution in [0.1, 0.15) is 32.6 Å². The predicted octanol–water partition coefficient (Wildman–Crippen LogP) is 2.18. The molecule has 3 nitrogen and oxygen atoms in total. The summed E-state index contributed by atoms with van der Waals surface area (Å²) >= 11 is 0. The van der Waals surface area contributed by atoms with Crippen LogP contribution in [-0.4, -0.2) is 34.8 Å². The van der Waals surface area contributed by atoms with Crippen LogP contribution in [0.3, 0.4) is 0 Å². The number of aliphatic hydroxyl groups excluding tert-OH is 1. The summed E-state index contributed by atoms with van der Waals surface area (Å²) in [5.74, 6) is 0. The molecule has 1 aromatic rings. The van der Waals surface area contributed by atoms with E-state index in [1.807, 2.05) is 25.1 Å². The molecule has 1 N–H and O–H groups in total. The van der Waals surface area contributed by atoms with E-state index in [4.69, 9.17) is 4.74 Å². The highest BCUT2D eigenvalue weighted by atomic mass is 16.5. The second-order valence-electron chi connectivity index (χ2n) is 5.39. The van der Waals surface area contributed by atoms with E-state index in [0.29, 0.717) is 13.2 Å². The Kier molecular flexibility index (Phi) is 3.52. The van der Waals surface area contributed by atoms with E-state index in [0.717, 1.165) is 5.56 Å². The summed E-state index contributed by atoms with van der Waals surface area (Å²) in [7, 11) is 0. The molecule has 2 rings (SSSR count). The number of ether oxygens (including phenoxy) is 1. The van der Waals surface area contributed by atoms with E-state index in [1.54, 1.807) is 0 Å². The summed E-state index contributed by atoms with van der Waals surface area (Å²) < 4.78 is 5.88. The summed E-state index contributed by atoms with van der Waals surface area (Å²) in [5.41, 5.74) is 1.12. The van der Waals surface area contributed by atoms with Crippen molar-refractivity contribution in [1.82, 2.24) is 4.90 Å². The van der Waals surface area contributed by atoms with Crippen LogP contribution in [0.2, 0.25) is 0 Å². The molecule has 2 atom stereocenters. The van der Waals surface area contributed by atoms with Gasteiger partial charge < -0.3 is 9.84 Å². The van der Waals surface area contributed by atoms with E-state index in [2.05, 4.69) is 30.9 Å². The van der Waals surface area contributed by atoms with Gasteiger partial charge in [-0.3, -0.25) is 4.90 Å². The fourth-order valence-electron chi connectivity index (χ4n) is 2.29. The molecule has 17 heavy (non-hydrogen) atoms. The second kappa shape index (κ2) is 4.77. The molecule has 0 amide bonds. The quantitative estimate of drug-likeness (QED) is 0.871. The van der Waals surface area contributed by atoms with Gasteiger partial charge in [0.15, 0.2) is 0 Å². The second-order valence-corrected chi connectivity index (χ2v) is 5.39. The van der Waals surface area contributed by atoms with Gasteiger partial charge in [-0.15, -0.1) is 0 Å². The first-order valence-electron chi connectivity index (χ1n) is 6.12. The molecule has 1 saturated heterocycles. The van der Waals surface area contributed by atoms with Crippen molar-refractivity contribution in [1.29, 1.82) is 0 Å². The van der Waals surface area contributed by atoms with Gasteiger partial charge in [-0.05, 0) is 26.3 Å². The molecule has 0 aromatic heterocycles. The molecule has 3 heteroatoms. The normalized spacial score (nSPS) is 26.0. The molecule has 94 valence electrons. The van der Waals surface area contributed by atoms with Crippen molar-refractivity contribution in [3.8, 4) is 0 Å². The zero-order chi connectivity index (χ0) is 12.5. The molecular formula is C14H21NO2. The zero-order valence-corrected chi connectivity index (χ0v) is 10.8. The molecule has 1 aliphatic heterocycles. The van der Waals surface area contributed by atoms with Crippen molar-refractivity contribution >= 4 is 0 Å². The lowest BCUT2D eigenvalue weighted by Crippen LogP contribution is -2.44. The third kappa shape index (κ3) is 2.68. The number of aliphatic hydroxyl groups is 1. The van der Waals surface area contributed by atoms with Crippen molar-refractivity contribution in [2.45, 2.75) is 38.6 Å². The molecule has 1 aromatic carbocycles. The summed E-state index contributed by atoms with van der Waals surface area (Å²) in [5, 5.41) is 9.61. The van der Waals surface area contributed by atoms with Crippen molar-refractivity contribution in [3.63, 3.8) is 0 Å². The maximum absolute atomic E-state index is 9.61. The lowest BCUT2D eigenvalue weighted by Gasteiger charge is -2.34. The molecule has 1 fully saturated rings. The fourth-order valence-corrected chi connectivity index (χ4v) is 2.29. The van der Waals surface area contributed by atoms with Gasteiger partial charge in [0, 0.05) is 12.1 Å². The minimum Gasteiger partial charge on any atom is -0.392 e. The Labute approximate surface area is 103 Å². The van der Waals surface area contributed by atoms with Crippen LogP contribution in [0.25, 0.3) is 0 Å². The highest BCUT2D eigenvalue weighted by Gasteiger charge is 2.41. The van der Waals surface area contributed by atoms with Crippen molar-refractivity contribution in [2.24, 2.45) is 0 Å². The van der Waals surface area contributed by atoms with Gasteiger partial charge in [0.05, 0.1) is 12.7 Å². The van der Waals surface area contributed by atoms with Gasteiger partial charge in [0.2, 0.25) is 0 Å². The standard InChI is InChI=1S/C14H21NO2/c1-11(16)9-15-13(17-10-14(15,2)3)12-7-5-4-6-8-12/h4-8,11,13,16H,9-10H2,1-3H3. The van der Waals surface area contributed by atoms with Crippen LogP contribution >= 0.6 is 0 Å². The number of rotatable bonds is 3. The highest BCUT2D eigenvalue weighted by Crippen LogP contribution is 2.36. The lowest BCUT2D eigenvalue weighted by atomic mass is 10.0. The first kappa shape index (κ1) is 12.6. The van der Waals surface area contributed by atoms with Crippen molar-refractivity contribution in [3.05, 3.63) is 35.9 Å². The smallest absolute Gasteiger partial charge is 0.137 e. The largest absolute Gasteiger partial charge is 0.392 e. The van der Waals surface area contributed by atoms with Gasteiger partial charge >= 0.3 is 0 Å². The minimum atomic E-state index is -0.345. The lowest BCUT2D eigenvalue weighted by molar-refractivity contribution is -0.00122. The summed E-state index contributed by atoms with van der Waals surface area (Å²) in [4.78, 5) is 2.23. The molecule has 0 aliphatic carbocycles. The number of benzene rings is 1. The number of hydrogen-bond donors (Lipinski definition) is 1. The Balaban J connectivity index is 2.22. The Hall–Kier alpha value is -0.900. The Morgan fingerprint density at radius 2 is 2.06 bits per heavy atom. The van der Waals surface area contributed by atoms with E-state index < -0.39 is 0 Å². The Morgan fingerprint density at radius 1 is 1.41 bits per heavy atom. The Morgan fingerprint density at radius 3 is 2.65 bits per heavy atom. The first-order chi connectivity index (χ1) is 8.00. The van der Waals surface area contributed by atoms with Crippen LogP contribution < -0.4 is 0 Å². The van der Waals surface area contributed by atoms with E-state index in [9.17, 15) is 5.11 Å². The van der Waals surface area contributed by atoms with Gasteiger partial charge in [0.1, 0.15) is 6.23 Å². The van der Waals surface area contributed by atoms with Gasteiger partial charge in [-0.2, -0.15) is 0 Å². The average molecular weight is 235 g/mol. The molecule has 0 saturated carbocycles. The SMILES string of the molecule is CC(O)CN1C(c2ccccc2)OCC1(C)C. The van der Waals surface area contributed by atoms with Crippen LogP contribution in [-0.2, 0) is 4.74 Å². The number of nitrogens with zero attached hydrogens (tertiary/aromatic N) is 1. The van der Waals surface area contributed by atoms with Crippen LogP contribution in [0.4, 0.5) is 0 Å². The molecule has 2 unspecified atom stereocenters. The van der Waals surface area contributed by atoms with E-state index in [-0.39, 0.29) is 17.9 Å².